The second-order valence-electron chi connectivity index (χ2n) is 3.72. The Kier molecular flexibility index (Phi) is 4.37. The molecule has 0 radical (unpaired) electrons. The molecule has 0 saturated carbocycles. The van der Waals surface area contributed by atoms with E-state index in [9.17, 15) is 13.6 Å². The monoisotopic (exact) mass is 228 g/mol. The molecule has 1 aromatic carbocycles. The molecule has 0 heterocycles. The van der Waals surface area contributed by atoms with Gasteiger partial charge in [0, 0.05) is 18.2 Å². The number of carbonyl (C=O) groups is 1. The predicted octanol–water partition coefficient (Wildman–Crippen LogP) is 1.89. The van der Waals surface area contributed by atoms with Gasteiger partial charge < -0.3 is 11.1 Å². The van der Waals surface area contributed by atoms with Gasteiger partial charge in [-0.25, -0.2) is 8.78 Å². The number of nitrogens with two attached hydrogens (primary N) is 1. The van der Waals surface area contributed by atoms with Gasteiger partial charge in [-0.15, -0.1) is 0 Å². The Bertz CT molecular complexity index is 382. The number of amides is 1. The van der Waals surface area contributed by atoms with Gasteiger partial charge >= 0.3 is 0 Å². The van der Waals surface area contributed by atoms with Gasteiger partial charge in [-0.05, 0) is 24.6 Å². The lowest BCUT2D eigenvalue weighted by molar-refractivity contribution is -0.116. The largest absolute Gasteiger partial charge is 0.330 e. The van der Waals surface area contributed by atoms with Crippen molar-refractivity contribution in [1.29, 1.82) is 0 Å². The lowest BCUT2D eigenvalue weighted by Crippen LogP contribution is -2.20. The lowest BCUT2D eigenvalue weighted by atomic mass is 10.1. The van der Waals surface area contributed by atoms with E-state index in [0.717, 1.165) is 12.1 Å². The topological polar surface area (TPSA) is 55.1 Å². The maximum atomic E-state index is 12.8. The van der Waals surface area contributed by atoms with E-state index in [4.69, 9.17) is 5.73 Å². The van der Waals surface area contributed by atoms with Crippen molar-refractivity contribution in [2.24, 2.45) is 11.7 Å². The second-order valence-corrected chi connectivity index (χ2v) is 3.72. The Hall–Kier alpha value is -1.49. The molecule has 1 amide bonds. The van der Waals surface area contributed by atoms with Crippen LogP contribution in [0.2, 0.25) is 0 Å². The van der Waals surface area contributed by atoms with Crippen LogP contribution in [-0.2, 0) is 4.79 Å². The molecule has 0 aromatic heterocycles. The van der Waals surface area contributed by atoms with Gasteiger partial charge in [0.2, 0.25) is 5.91 Å². The standard InChI is InChI=1S/C11H14F2N2O/c1-7(6-14)4-11(16)15-8-2-3-9(12)10(13)5-8/h2-3,5,7H,4,6,14H2,1H3,(H,15,16). The fourth-order valence-electron chi connectivity index (χ4n) is 1.19. The zero-order valence-corrected chi connectivity index (χ0v) is 8.97. The van der Waals surface area contributed by atoms with Crippen molar-refractivity contribution in [3.05, 3.63) is 29.8 Å². The maximum Gasteiger partial charge on any atom is 0.224 e. The first-order valence-corrected chi connectivity index (χ1v) is 4.98. The third kappa shape index (κ3) is 3.58. The summed E-state index contributed by atoms with van der Waals surface area (Å²) in [7, 11) is 0. The summed E-state index contributed by atoms with van der Waals surface area (Å²) in [6.45, 7) is 2.25. The molecule has 0 aliphatic heterocycles. The summed E-state index contributed by atoms with van der Waals surface area (Å²) in [5.41, 5.74) is 5.61. The Morgan fingerprint density at radius 3 is 2.69 bits per heavy atom. The van der Waals surface area contributed by atoms with E-state index in [1.165, 1.54) is 6.07 Å². The third-order valence-corrected chi connectivity index (χ3v) is 2.14. The number of nitrogens with one attached hydrogen (secondary N) is 1. The van der Waals surface area contributed by atoms with Crippen molar-refractivity contribution in [3.63, 3.8) is 0 Å². The highest BCUT2D eigenvalue weighted by Gasteiger charge is 2.09. The van der Waals surface area contributed by atoms with Crippen LogP contribution in [0.4, 0.5) is 14.5 Å². The van der Waals surface area contributed by atoms with E-state index in [0.29, 0.717) is 6.54 Å². The van der Waals surface area contributed by atoms with Crippen molar-refractivity contribution in [2.75, 3.05) is 11.9 Å². The number of anilines is 1. The average molecular weight is 228 g/mol. The molecule has 88 valence electrons. The molecule has 16 heavy (non-hydrogen) atoms. The first kappa shape index (κ1) is 12.6. The summed E-state index contributed by atoms with van der Waals surface area (Å²) < 4.78 is 25.4. The summed E-state index contributed by atoms with van der Waals surface area (Å²) in [4.78, 5) is 11.4. The summed E-state index contributed by atoms with van der Waals surface area (Å²) >= 11 is 0. The Balaban J connectivity index is 2.59. The first-order chi connectivity index (χ1) is 7.52. The smallest absolute Gasteiger partial charge is 0.224 e. The van der Waals surface area contributed by atoms with Crippen molar-refractivity contribution >= 4 is 11.6 Å². The summed E-state index contributed by atoms with van der Waals surface area (Å²) in [6, 6.07) is 3.22. The summed E-state index contributed by atoms with van der Waals surface area (Å²) in [5.74, 6) is -2.12. The van der Waals surface area contributed by atoms with Crippen molar-refractivity contribution in [2.45, 2.75) is 13.3 Å². The van der Waals surface area contributed by atoms with Crippen LogP contribution in [0.25, 0.3) is 0 Å². The molecular formula is C11H14F2N2O. The first-order valence-electron chi connectivity index (χ1n) is 4.98. The molecular weight excluding hydrogens is 214 g/mol. The molecule has 0 fully saturated rings. The molecule has 5 heteroatoms. The highest BCUT2D eigenvalue weighted by molar-refractivity contribution is 5.90. The van der Waals surface area contributed by atoms with Crippen LogP contribution in [0.15, 0.2) is 18.2 Å². The van der Waals surface area contributed by atoms with E-state index in [2.05, 4.69) is 5.32 Å². The second kappa shape index (κ2) is 5.55. The number of hydrogen-bond acceptors (Lipinski definition) is 2. The molecule has 0 aliphatic carbocycles. The highest BCUT2D eigenvalue weighted by atomic mass is 19.2. The molecule has 0 spiro atoms. The molecule has 0 bridgehead atoms. The Morgan fingerprint density at radius 1 is 1.44 bits per heavy atom. The number of halogens is 2. The minimum absolute atomic E-state index is 0.0605. The SMILES string of the molecule is CC(CN)CC(=O)Nc1ccc(F)c(F)c1. The van der Waals surface area contributed by atoms with E-state index in [1.54, 1.807) is 0 Å². The number of hydrogen-bond donors (Lipinski definition) is 2. The van der Waals surface area contributed by atoms with Crippen LogP contribution in [0, 0.1) is 17.6 Å². The number of benzene rings is 1. The fourth-order valence-corrected chi connectivity index (χ4v) is 1.19. The van der Waals surface area contributed by atoms with Crippen molar-refractivity contribution in [1.82, 2.24) is 0 Å². The van der Waals surface area contributed by atoms with Gasteiger partial charge in [-0.3, -0.25) is 4.79 Å². The van der Waals surface area contributed by atoms with Crippen LogP contribution in [0.5, 0.6) is 0 Å². The van der Waals surface area contributed by atoms with Crippen LogP contribution < -0.4 is 11.1 Å². The average Bonchev–Trinajstić information content (AvgIpc) is 2.23. The Labute approximate surface area is 92.6 Å². The van der Waals surface area contributed by atoms with Gasteiger partial charge in [0.25, 0.3) is 0 Å². The zero-order valence-electron chi connectivity index (χ0n) is 8.97. The van der Waals surface area contributed by atoms with Crippen molar-refractivity contribution < 1.29 is 13.6 Å². The number of rotatable bonds is 4. The van der Waals surface area contributed by atoms with E-state index in [-0.39, 0.29) is 23.9 Å². The zero-order chi connectivity index (χ0) is 12.1. The minimum atomic E-state index is -0.982. The van der Waals surface area contributed by atoms with Gasteiger partial charge in [0.1, 0.15) is 0 Å². The predicted molar refractivity (Wildman–Crippen MR) is 57.8 cm³/mol. The molecule has 1 unspecified atom stereocenters. The molecule has 1 atom stereocenters. The molecule has 0 aliphatic rings. The van der Waals surface area contributed by atoms with E-state index >= 15 is 0 Å². The number of carbonyl (C=O) groups excluding carboxylic acids is 1. The summed E-state index contributed by atoms with van der Waals surface area (Å²) in [5, 5.41) is 2.47. The highest BCUT2D eigenvalue weighted by Crippen LogP contribution is 2.13. The van der Waals surface area contributed by atoms with Gasteiger partial charge in [-0.1, -0.05) is 6.92 Å². The van der Waals surface area contributed by atoms with Gasteiger partial charge in [0.05, 0.1) is 0 Å². The minimum Gasteiger partial charge on any atom is -0.330 e. The van der Waals surface area contributed by atoms with Crippen LogP contribution >= 0.6 is 0 Å². The molecule has 1 rings (SSSR count). The normalized spacial score (nSPS) is 12.2. The molecule has 3 N–H and O–H groups in total. The Morgan fingerprint density at radius 2 is 2.12 bits per heavy atom. The third-order valence-electron chi connectivity index (χ3n) is 2.14. The van der Waals surface area contributed by atoms with E-state index in [1.807, 2.05) is 6.92 Å². The molecule has 0 saturated heterocycles. The molecule has 1 aromatic rings. The van der Waals surface area contributed by atoms with Crippen molar-refractivity contribution in [3.8, 4) is 0 Å². The van der Waals surface area contributed by atoms with Crippen LogP contribution in [0.3, 0.4) is 0 Å². The quantitative estimate of drug-likeness (QED) is 0.826. The summed E-state index contributed by atoms with van der Waals surface area (Å²) in [6.07, 6.45) is 0.259. The molecule has 3 nitrogen and oxygen atoms in total. The van der Waals surface area contributed by atoms with E-state index < -0.39 is 11.6 Å². The lowest BCUT2D eigenvalue weighted by Gasteiger charge is -2.09. The van der Waals surface area contributed by atoms with Gasteiger partial charge in [0.15, 0.2) is 11.6 Å². The van der Waals surface area contributed by atoms with Gasteiger partial charge in [-0.2, -0.15) is 0 Å². The fraction of sp³-hybridized carbons (Fsp3) is 0.364. The maximum absolute atomic E-state index is 12.8. The van der Waals surface area contributed by atoms with Crippen LogP contribution in [-0.4, -0.2) is 12.5 Å². The van der Waals surface area contributed by atoms with Crippen LogP contribution in [0.1, 0.15) is 13.3 Å².